The van der Waals surface area contributed by atoms with Crippen LogP contribution < -0.4 is 9.80 Å². The van der Waals surface area contributed by atoms with E-state index < -0.39 is 5.60 Å². The van der Waals surface area contributed by atoms with E-state index in [-0.39, 0.29) is 0 Å². The molecule has 152 valence electrons. The topological polar surface area (TPSA) is 26.7 Å². The molecule has 1 N–H and O–H groups in total. The van der Waals surface area contributed by atoms with Gasteiger partial charge in [0.15, 0.2) is 0 Å². The quantitative estimate of drug-likeness (QED) is 0.466. The fourth-order valence-electron chi connectivity index (χ4n) is 4.27. The average molecular weight is 397 g/mol. The molecule has 4 rings (SSSR count). The van der Waals surface area contributed by atoms with Gasteiger partial charge in [0.2, 0.25) is 0 Å². The van der Waals surface area contributed by atoms with Crippen LogP contribution in [0.3, 0.4) is 0 Å². The standard InChI is InChI=1S/C27H28N2O/c1-28(2)24-17-11-16-22-23(18-19-25(26(22)24)29(3)4)27(30,20-12-7-5-8-13-20)21-14-9-6-10-15-21/h5-19,30H,1-4H3. The summed E-state index contributed by atoms with van der Waals surface area (Å²) >= 11 is 0. The number of aliphatic hydroxyl groups is 1. The lowest BCUT2D eigenvalue weighted by Gasteiger charge is -2.33. The average Bonchev–Trinajstić information content (AvgIpc) is 2.78. The maximum Gasteiger partial charge on any atom is 0.141 e. The first-order valence-corrected chi connectivity index (χ1v) is 10.2. The molecule has 0 bridgehead atoms. The molecule has 4 aromatic carbocycles. The number of nitrogens with zero attached hydrogens (tertiary/aromatic N) is 2. The molecule has 0 aliphatic heterocycles. The zero-order valence-corrected chi connectivity index (χ0v) is 18.0. The van der Waals surface area contributed by atoms with E-state index in [1.807, 2.05) is 60.7 Å². The second-order valence-corrected chi connectivity index (χ2v) is 8.06. The van der Waals surface area contributed by atoms with Crippen molar-refractivity contribution in [1.82, 2.24) is 0 Å². The summed E-state index contributed by atoms with van der Waals surface area (Å²) in [5.74, 6) is 0. The van der Waals surface area contributed by atoms with Crippen LogP contribution >= 0.6 is 0 Å². The molecule has 0 aliphatic rings. The van der Waals surface area contributed by atoms with Gasteiger partial charge in [0.25, 0.3) is 0 Å². The molecule has 0 unspecified atom stereocenters. The molecule has 0 radical (unpaired) electrons. The molecule has 0 spiro atoms. The van der Waals surface area contributed by atoms with Crippen molar-refractivity contribution in [2.75, 3.05) is 38.0 Å². The maximum absolute atomic E-state index is 12.4. The van der Waals surface area contributed by atoms with Crippen molar-refractivity contribution in [1.29, 1.82) is 0 Å². The van der Waals surface area contributed by atoms with Crippen molar-refractivity contribution in [2.24, 2.45) is 0 Å². The van der Waals surface area contributed by atoms with E-state index in [0.717, 1.165) is 38.8 Å². The van der Waals surface area contributed by atoms with Crippen molar-refractivity contribution in [3.05, 3.63) is 108 Å². The summed E-state index contributed by atoms with van der Waals surface area (Å²) in [6, 6.07) is 30.3. The minimum absolute atomic E-state index is 0.852. The molecule has 0 fully saturated rings. The summed E-state index contributed by atoms with van der Waals surface area (Å²) in [4.78, 5) is 4.26. The summed E-state index contributed by atoms with van der Waals surface area (Å²) in [5, 5.41) is 14.5. The zero-order chi connectivity index (χ0) is 21.3. The third-order valence-electron chi connectivity index (χ3n) is 5.73. The van der Waals surface area contributed by atoms with Crippen LogP contribution in [-0.4, -0.2) is 33.3 Å². The number of rotatable bonds is 5. The van der Waals surface area contributed by atoms with Crippen molar-refractivity contribution in [2.45, 2.75) is 5.60 Å². The Balaban J connectivity index is 2.13. The highest BCUT2D eigenvalue weighted by Gasteiger charge is 2.35. The van der Waals surface area contributed by atoms with Gasteiger partial charge in [-0.25, -0.2) is 0 Å². The fraction of sp³-hybridized carbons (Fsp3) is 0.185. The van der Waals surface area contributed by atoms with Crippen LogP contribution in [0, 0.1) is 0 Å². The molecule has 0 aromatic heterocycles. The van der Waals surface area contributed by atoms with Gasteiger partial charge in [-0.15, -0.1) is 0 Å². The monoisotopic (exact) mass is 396 g/mol. The molecule has 0 amide bonds. The first-order chi connectivity index (χ1) is 14.4. The minimum atomic E-state index is -1.27. The predicted molar refractivity (Wildman–Crippen MR) is 128 cm³/mol. The summed E-state index contributed by atoms with van der Waals surface area (Å²) in [6.45, 7) is 0. The van der Waals surface area contributed by atoms with Crippen LogP contribution in [0.4, 0.5) is 11.4 Å². The van der Waals surface area contributed by atoms with Crippen LogP contribution in [-0.2, 0) is 5.60 Å². The van der Waals surface area contributed by atoms with Gasteiger partial charge in [-0.3, -0.25) is 0 Å². The molecular weight excluding hydrogens is 368 g/mol. The molecule has 0 saturated heterocycles. The maximum atomic E-state index is 12.4. The Kier molecular flexibility index (Phi) is 5.23. The Morgan fingerprint density at radius 1 is 0.567 bits per heavy atom. The molecule has 30 heavy (non-hydrogen) atoms. The molecular formula is C27H28N2O. The van der Waals surface area contributed by atoms with Gasteiger partial charge in [0.1, 0.15) is 5.60 Å². The number of hydrogen-bond acceptors (Lipinski definition) is 3. The normalized spacial score (nSPS) is 11.5. The SMILES string of the molecule is CN(C)c1cccc2c(C(O)(c3ccccc3)c3ccccc3)ccc(N(C)C)c12. The van der Waals surface area contributed by atoms with Gasteiger partial charge in [-0.1, -0.05) is 78.9 Å². The first-order valence-electron chi connectivity index (χ1n) is 10.2. The molecule has 0 aliphatic carbocycles. The third kappa shape index (κ3) is 3.21. The Labute approximate surface area is 178 Å². The summed E-state index contributed by atoms with van der Waals surface area (Å²) in [6.07, 6.45) is 0. The van der Waals surface area contributed by atoms with Gasteiger partial charge in [0.05, 0.1) is 0 Å². The number of benzene rings is 4. The Morgan fingerprint density at radius 3 is 1.57 bits per heavy atom. The van der Waals surface area contributed by atoms with Crippen LogP contribution in [0.15, 0.2) is 91.0 Å². The first kappa shape index (κ1) is 20.0. The second kappa shape index (κ2) is 7.85. The van der Waals surface area contributed by atoms with Crippen LogP contribution in [0.5, 0.6) is 0 Å². The van der Waals surface area contributed by atoms with Gasteiger partial charge >= 0.3 is 0 Å². The lowest BCUT2D eigenvalue weighted by molar-refractivity contribution is 0.127. The number of anilines is 2. The van der Waals surface area contributed by atoms with Gasteiger partial charge in [0, 0.05) is 50.5 Å². The highest BCUT2D eigenvalue weighted by molar-refractivity contribution is 6.06. The zero-order valence-electron chi connectivity index (χ0n) is 18.0. The smallest absolute Gasteiger partial charge is 0.141 e. The summed E-state index contributed by atoms with van der Waals surface area (Å²) in [5.41, 5.74) is 3.57. The molecule has 0 atom stereocenters. The third-order valence-corrected chi connectivity index (χ3v) is 5.73. The summed E-state index contributed by atoms with van der Waals surface area (Å²) in [7, 11) is 8.23. The van der Waals surface area contributed by atoms with E-state index in [2.05, 4.69) is 68.3 Å². The highest BCUT2D eigenvalue weighted by Crippen LogP contribution is 2.44. The van der Waals surface area contributed by atoms with Crippen LogP contribution in [0.2, 0.25) is 0 Å². The largest absolute Gasteiger partial charge is 0.377 e. The van der Waals surface area contributed by atoms with Gasteiger partial charge in [-0.2, -0.15) is 0 Å². The van der Waals surface area contributed by atoms with E-state index in [1.165, 1.54) is 0 Å². The van der Waals surface area contributed by atoms with Gasteiger partial charge < -0.3 is 14.9 Å². The number of fused-ring (bicyclic) bond motifs is 1. The second-order valence-electron chi connectivity index (χ2n) is 8.06. The van der Waals surface area contributed by atoms with Crippen LogP contribution in [0.1, 0.15) is 16.7 Å². The van der Waals surface area contributed by atoms with E-state index in [4.69, 9.17) is 0 Å². The molecule has 0 heterocycles. The minimum Gasteiger partial charge on any atom is -0.377 e. The van der Waals surface area contributed by atoms with E-state index in [9.17, 15) is 5.11 Å². The number of hydrogen-bond donors (Lipinski definition) is 1. The molecule has 0 saturated carbocycles. The molecule has 4 aromatic rings. The van der Waals surface area contributed by atoms with Crippen molar-refractivity contribution in [3.63, 3.8) is 0 Å². The van der Waals surface area contributed by atoms with Crippen molar-refractivity contribution < 1.29 is 5.11 Å². The highest BCUT2D eigenvalue weighted by atomic mass is 16.3. The van der Waals surface area contributed by atoms with E-state index in [1.54, 1.807) is 0 Å². The predicted octanol–water partition coefficient (Wildman–Crippen LogP) is 5.26. The Bertz CT molecular complexity index is 1100. The summed E-state index contributed by atoms with van der Waals surface area (Å²) < 4.78 is 0. The van der Waals surface area contributed by atoms with Gasteiger partial charge in [-0.05, 0) is 28.6 Å². The van der Waals surface area contributed by atoms with E-state index in [0.29, 0.717) is 0 Å². The molecule has 3 heteroatoms. The molecule has 3 nitrogen and oxygen atoms in total. The Morgan fingerprint density at radius 2 is 1.07 bits per heavy atom. The Hall–Kier alpha value is -3.30. The fourth-order valence-corrected chi connectivity index (χ4v) is 4.27. The van der Waals surface area contributed by atoms with Crippen molar-refractivity contribution in [3.8, 4) is 0 Å². The van der Waals surface area contributed by atoms with Crippen molar-refractivity contribution >= 4 is 22.1 Å². The lowest BCUT2D eigenvalue weighted by atomic mass is 9.78. The van der Waals surface area contributed by atoms with Crippen LogP contribution in [0.25, 0.3) is 10.8 Å². The lowest BCUT2D eigenvalue weighted by Crippen LogP contribution is -2.29. The van der Waals surface area contributed by atoms with E-state index >= 15 is 0 Å².